The molecule has 0 heterocycles. The highest BCUT2D eigenvalue weighted by Gasteiger charge is 2.69. The van der Waals surface area contributed by atoms with Gasteiger partial charge in [-0.15, -0.1) is 0 Å². The highest BCUT2D eigenvalue weighted by molar-refractivity contribution is 5.88. The Hall–Kier alpha value is -1.25. The van der Waals surface area contributed by atoms with E-state index in [1.165, 1.54) is 0 Å². The average Bonchev–Trinajstić information content (AvgIpc) is 2.37. The lowest BCUT2D eigenvalue weighted by Crippen LogP contribution is -2.55. The molecule has 0 radical (unpaired) electrons. The van der Waals surface area contributed by atoms with E-state index in [2.05, 4.69) is 0 Å². The molecule has 1 fully saturated rings. The molecule has 1 rings (SSSR count). The molecule has 0 atom stereocenters. The van der Waals surface area contributed by atoms with Crippen molar-refractivity contribution in [2.45, 2.75) is 63.1 Å². The first-order valence-corrected chi connectivity index (χ1v) is 6.65. The normalized spacial score (nSPS) is 19.2. The Labute approximate surface area is 122 Å². The number of aliphatic hydroxyl groups is 1. The van der Waals surface area contributed by atoms with Gasteiger partial charge in [0, 0.05) is 5.57 Å². The van der Waals surface area contributed by atoms with E-state index in [0.29, 0.717) is 12.8 Å². The fourth-order valence-electron chi connectivity index (χ4n) is 2.12. The summed E-state index contributed by atoms with van der Waals surface area (Å²) in [6.07, 6.45) is -9.55. The lowest BCUT2D eigenvalue weighted by Gasteiger charge is -2.30. The van der Waals surface area contributed by atoms with Gasteiger partial charge in [-0.25, -0.2) is 4.79 Å². The molecule has 3 nitrogen and oxygen atoms in total. The van der Waals surface area contributed by atoms with Crippen LogP contribution >= 0.6 is 0 Å². The molecule has 0 amide bonds. The number of esters is 1. The molecule has 1 saturated carbocycles. The summed E-state index contributed by atoms with van der Waals surface area (Å²) in [5.74, 6) is -1.29. The molecule has 1 N–H and O–H groups in total. The molecule has 0 aliphatic heterocycles. The fraction of sp³-hybridized carbons (Fsp3) is 0.769. The minimum absolute atomic E-state index is 0.516. The highest BCUT2D eigenvalue weighted by atomic mass is 19.4. The SMILES string of the molecule is CC(=CC(O)(C(F)(F)F)C(F)(F)F)C(=O)OC1CCCCC1. The van der Waals surface area contributed by atoms with Gasteiger partial charge in [-0.1, -0.05) is 6.42 Å². The van der Waals surface area contributed by atoms with E-state index in [-0.39, 0.29) is 0 Å². The Kier molecular flexibility index (Phi) is 5.53. The predicted octanol–water partition coefficient (Wildman–Crippen LogP) is 3.66. The molecule has 0 unspecified atom stereocenters. The van der Waals surface area contributed by atoms with Crippen molar-refractivity contribution in [1.29, 1.82) is 0 Å². The number of carbonyl (C=O) groups excluding carboxylic acids is 1. The van der Waals surface area contributed by atoms with E-state index in [9.17, 15) is 31.1 Å². The van der Waals surface area contributed by atoms with Crippen molar-refractivity contribution in [2.24, 2.45) is 0 Å². The largest absolute Gasteiger partial charge is 0.459 e. The summed E-state index contributed by atoms with van der Waals surface area (Å²) < 4.78 is 80.0. The molecule has 0 saturated heterocycles. The zero-order chi connectivity index (χ0) is 17.2. The smallest absolute Gasteiger partial charge is 0.430 e. The Balaban J connectivity index is 2.93. The third kappa shape index (κ3) is 4.15. The van der Waals surface area contributed by atoms with Gasteiger partial charge in [0.2, 0.25) is 0 Å². The first-order valence-electron chi connectivity index (χ1n) is 6.65. The predicted molar refractivity (Wildman–Crippen MR) is 63.8 cm³/mol. The van der Waals surface area contributed by atoms with E-state index < -0.39 is 41.7 Å². The second-order valence-corrected chi connectivity index (χ2v) is 5.25. The highest BCUT2D eigenvalue weighted by Crippen LogP contribution is 2.44. The molecule has 0 aromatic rings. The standard InChI is InChI=1S/C13H16F6O3/c1-8(10(20)22-9-5-3-2-4-6-9)7-11(21,12(14,15)16)13(17,18)19/h7,9,21H,2-6H2,1H3. The number of alkyl halides is 6. The van der Waals surface area contributed by atoms with Crippen LogP contribution in [0.1, 0.15) is 39.0 Å². The summed E-state index contributed by atoms with van der Waals surface area (Å²) in [7, 11) is 0. The van der Waals surface area contributed by atoms with Gasteiger partial charge < -0.3 is 9.84 Å². The Morgan fingerprint density at radius 1 is 1.05 bits per heavy atom. The minimum Gasteiger partial charge on any atom is -0.459 e. The lowest BCUT2D eigenvalue weighted by molar-refractivity contribution is -0.347. The van der Waals surface area contributed by atoms with Crippen LogP contribution in [-0.2, 0) is 9.53 Å². The van der Waals surface area contributed by atoms with Crippen LogP contribution in [0.15, 0.2) is 11.6 Å². The molecular weight excluding hydrogens is 318 g/mol. The number of ether oxygens (including phenoxy) is 1. The maximum atomic E-state index is 12.5. The van der Waals surface area contributed by atoms with E-state index in [1.807, 2.05) is 0 Å². The first-order chi connectivity index (χ1) is 9.88. The second kappa shape index (κ2) is 6.47. The van der Waals surface area contributed by atoms with Crippen molar-refractivity contribution >= 4 is 5.97 Å². The number of hydrogen-bond donors (Lipinski definition) is 1. The quantitative estimate of drug-likeness (QED) is 0.487. The fourth-order valence-corrected chi connectivity index (χ4v) is 2.12. The van der Waals surface area contributed by atoms with Crippen molar-refractivity contribution < 1.29 is 41.0 Å². The zero-order valence-corrected chi connectivity index (χ0v) is 11.7. The van der Waals surface area contributed by atoms with Crippen LogP contribution in [0.2, 0.25) is 0 Å². The van der Waals surface area contributed by atoms with Crippen LogP contribution in [0.5, 0.6) is 0 Å². The molecule has 22 heavy (non-hydrogen) atoms. The Morgan fingerprint density at radius 3 is 1.91 bits per heavy atom. The Morgan fingerprint density at radius 2 is 1.50 bits per heavy atom. The van der Waals surface area contributed by atoms with Crippen LogP contribution in [0.3, 0.4) is 0 Å². The second-order valence-electron chi connectivity index (χ2n) is 5.25. The third-order valence-electron chi connectivity index (χ3n) is 3.44. The molecule has 1 aliphatic carbocycles. The summed E-state index contributed by atoms with van der Waals surface area (Å²) in [5.41, 5.74) is -6.03. The van der Waals surface area contributed by atoms with Gasteiger partial charge in [0.05, 0.1) is 0 Å². The summed E-state index contributed by atoms with van der Waals surface area (Å²) in [6.45, 7) is 0.744. The van der Waals surface area contributed by atoms with E-state index in [4.69, 9.17) is 9.84 Å². The van der Waals surface area contributed by atoms with Crippen molar-refractivity contribution in [1.82, 2.24) is 0 Å². The van der Waals surface area contributed by atoms with Gasteiger partial charge in [-0.3, -0.25) is 0 Å². The molecule has 0 bridgehead atoms. The van der Waals surface area contributed by atoms with E-state index >= 15 is 0 Å². The van der Waals surface area contributed by atoms with Gasteiger partial charge >= 0.3 is 18.3 Å². The monoisotopic (exact) mass is 334 g/mol. The lowest BCUT2D eigenvalue weighted by atomic mass is 9.97. The number of rotatable bonds is 3. The molecule has 1 aliphatic rings. The van der Waals surface area contributed by atoms with Crippen LogP contribution < -0.4 is 0 Å². The van der Waals surface area contributed by atoms with Crippen molar-refractivity contribution in [3.63, 3.8) is 0 Å². The summed E-state index contributed by atoms with van der Waals surface area (Å²) in [5, 5.41) is 8.98. The number of hydrogen-bond acceptors (Lipinski definition) is 3. The topological polar surface area (TPSA) is 46.5 Å². The van der Waals surface area contributed by atoms with Gasteiger partial charge in [0.25, 0.3) is 5.60 Å². The van der Waals surface area contributed by atoms with Gasteiger partial charge in [-0.2, -0.15) is 26.3 Å². The third-order valence-corrected chi connectivity index (χ3v) is 3.44. The maximum Gasteiger partial charge on any atom is 0.430 e. The zero-order valence-electron chi connectivity index (χ0n) is 11.7. The van der Waals surface area contributed by atoms with Crippen LogP contribution in [-0.4, -0.2) is 35.1 Å². The van der Waals surface area contributed by atoms with E-state index in [0.717, 1.165) is 26.2 Å². The molecule has 128 valence electrons. The molecule has 0 spiro atoms. The number of carbonyl (C=O) groups is 1. The van der Waals surface area contributed by atoms with Crippen LogP contribution in [0.4, 0.5) is 26.3 Å². The summed E-state index contributed by atoms with van der Waals surface area (Å²) in [4.78, 5) is 11.6. The molecule has 9 heteroatoms. The summed E-state index contributed by atoms with van der Waals surface area (Å²) >= 11 is 0. The molecular formula is C13H16F6O3. The van der Waals surface area contributed by atoms with Gasteiger partial charge in [0.15, 0.2) is 0 Å². The molecule has 0 aromatic carbocycles. The van der Waals surface area contributed by atoms with E-state index in [1.54, 1.807) is 0 Å². The van der Waals surface area contributed by atoms with Crippen LogP contribution in [0, 0.1) is 0 Å². The summed E-state index contributed by atoms with van der Waals surface area (Å²) in [6, 6.07) is 0. The van der Waals surface area contributed by atoms with Crippen molar-refractivity contribution in [3.8, 4) is 0 Å². The van der Waals surface area contributed by atoms with Gasteiger partial charge in [0.1, 0.15) is 6.10 Å². The van der Waals surface area contributed by atoms with Crippen LogP contribution in [0.25, 0.3) is 0 Å². The number of halogens is 6. The minimum atomic E-state index is -6.00. The maximum absolute atomic E-state index is 12.5. The van der Waals surface area contributed by atoms with Crippen molar-refractivity contribution in [2.75, 3.05) is 0 Å². The van der Waals surface area contributed by atoms with Crippen molar-refractivity contribution in [3.05, 3.63) is 11.6 Å². The van der Waals surface area contributed by atoms with Gasteiger partial charge in [-0.05, 0) is 38.7 Å². The Bertz CT molecular complexity index is 418. The first kappa shape index (κ1) is 18.8. The average molecular weight is 334 g/mol. The molecule has 0 aromatic heterocycles.